The topological polar surface area (TPSA) is 96.7 Å². The quantitative estimate of drug-likeness (QED) is 0.662. The summed E-state index contributed by atoms with van der Waals surface area (Å²) < 4.78 is 0. The maximum absolute atomic E-state index is 12.2. The minimum atomic E-state index is -0.344. The average Bonchev–Trinajstić information content (AvgIpc) is 2.79. The van der Waals surface area contributed by atoms with E-state index in [2.05, 4.69) is 20.5 Å². The van der Waals surface area contributed by atoms with Crippen LogP contribution in [0.3, 0.4) is 0 Å². The van der Waals surface area contributed by atoms with Crippen LogP contribution in [0.2, 0.25) is 0 Å². The molecule has 0 aliphatic carbocycles. The largest absolute Gasteiger partial charge is 0.395 e. The van der Waals surface area contributed by atoms with Gasteiger partial charge in [0.25, 0.3) is 5.91 Å². The number of benzene rings is 1. The number of aryl methyl sites for hydroxylation is 1. The van der Waals surface area contributed by atoms with Gasteiger partial charge in [-0.3, -0.25) is 14.9 Å². The van der Waals surface area contributed by atoms with Crippen LogP contribution in [0.15, 0.2) is 36.7 Å². The van der Waals surface area contributed by atoms with Crippen LogP contribution >= 0.6 is 0 Å². The second kappa shape index (κ2) is 4.65. The molecule has 0 aliphatic rings. The maximum Gasteiger partial charge on any atom is 0.278 e. The maximum atomic E-state index is 12.2. The predicted octanol–water partition coefficient (Wildman–Crippen LogP) is 2.10. The predicted molar refractivity (Wildman–Crippen MR) is 77.4 cm³/mol. The molecule has 1 amide bonds. The van der Waals surface area contributed by atoms with E-state index in [1.54, 1.807) is 19.3 Å². The number of hydrogen-bond acceptors (Lipinski definition) is 4. The van der Waals surface area contributed by atoms with Crippen molar-refractivity contribution in [3.63, 3.8) is 0 Å². The van der Waals surface area contributed by atoms with Crippen LogP contribution in [0.5, 0.6) is 0 Å². The Kier molecular flexibility index (Phi) is 2.83. The fraction of sp³-hybridized carbons (Fsp3) is 0.0714. The van der Waals surface area contributed by atoms with E-state index in [4.69, 9.17) is 5.73 Å². The molecule has 3 aromatic rings. The van der Waals surface area contributed by atoms with Crippen molar-refractivity contribution in [3.05, 3.63) is 48.0 Å². The van der Waals surface area contributed by atoms with Gasteiger partial charge in [0.05, 0.1) is 17.1 Å². The fourth-order valence-electron chi connectivity index (χ4n) is 2.01. The number of aromatic amines is 1. The molecule has 0 aliphatic heterocycles. The highest BCUT2D eigenvalue weighted by molar-refractivity contribution is 6.10. The van der Waals surface area contributed by atoms with Gasteiger partial charge >= 0.3 is 0 Å². The van der Waals surface area contributed by atoms with Gasteiger partial charge in [-0.25, -0.2) is 0 Å². The molecule has 0 saturated carbocycles. The molecule has 2 heterocycles. The Bertz CT molecular complexity index is 788. The minimum Gasteiger partial charge on any atom is -0.395 e. The van der Waals surface area contributed by atoms with Gasteiger partial charge in [0.1, 0.15) is 0 Å². The molecule has 20 heavy (non-hydrogen) atoms. The van der Waals surface area contributed by atoms with Gasteiger partial charge in [-0.05, 0) is 24.4 Å². The van der Waals surface area contributed by atoms with Crippen molar-refractivity contribution in [1.29, 1.82) is 0 Å². The van der Waals surface area contributed by atoms with Crippen molar-refractivity contribution < 1.29 is 4.79 Å². The van der Waals surface area contributed by atoms with Crippen LogP contribution in [-0.4, -0.2) is 21.1 Å². The molecule has 0 saturated heterocycles. The summed E-state index contributed by atoms with van der Waals surface area (Å²) in [5, 5.41) is 11.3. The Morgan fingerprint density at radius 3 is 2.95 bits per heavy atom. The van der Waals surface area contributed by atoms with Gasteiger partial charge in [-0.1, -0.05) is 12.1 Å². The second-order valence-corrected chi connectivity index (χ2v) is 4.47. The summed E-state index contributed by atoms with van der Waals surface area (Å²) in [7, 11) is 0. The first kappa shape index (κ1) is 12.2. The monoisotopic (exact) mass is 267 g/mol. The number of nitrogen functional groups attached to an aromatic ring is 1. The van der Waals surface area contributed by atoms with E-state index in [1.165, 1.54) is 0 Å². The van der Waals surface area contributed by atoms with E-state index in [0.29, 0.717) is 17.1 Å². The molecule has 0 atom stereocenters. The zero-order chi connectivity index (χ0) is 14.1. The Morgan fingerprint density at radius 2 is 2.20 bits per heavy atom. The lowest BCUT2D eigenvalue weighted by molar-refractivity contribution is 0.102. The number of H-pyrrole nitrogens is 1. The van der Waals surface area contributed by atoms with Crippen molar-refractivity contribution in [1.82, 2.24) is 15.2 Å². The number of hydrogen-bond donors (Lipinski definition) is 3. The third-order valence-electron chi connectivity index (χ3n) is 3.14. The van der Waals surface area contributed by atoms with E-state index < -0.39 is 0 Å². The Morgan fingerprint density at radius 1 is 1.35 bits per heavy atom. The minimum absolute atomic E-state index is 0.198. The van der Waals surface area contributed by atoms with Gasteiger partial charge in [-0.2, -0.15) is 5.10 Å². The van der Waals surface area contributed by atoms with Crippen molar-refractivity contribution in [2.75, 3.05) is 11.1 Å². The number of amides is 1. The third kappa shape index (κ3) is 1.97. The number of nitrogens with zero attached hydrogens (tertiary/aromatic N) is 2. The molecule has 0 spiro atoms. The van der Waals surface area contributed by atoms with E-state index in [0.717, 1.165) is 10.8 Å². The zero-order valence-corrected chi connectivity index (χ0v) is 10.8. The number of carbonyl (C=O) groups excluding carboxylic acids is 1. The smallest absolute Gasteiger partial charge is 0.278 e. The first-order chi connectivity index (χ1) is 9.66. The molecule has 6 heteroatoms. The average molecular weight is 267 g/mol. The van der Waals surface area contributed by atoms with E-state index in [-0.39, 0.29) is 11.6 Å². The molecule has 100 valence electrons. The number of fused-ring (bicyclic) bond motifs is 1. The van der Waals surface area contributed by atoms with Crippen LogP contribution in [0.4, 0.5) is 11.4 Å². The summed E-state index contributed by atoms with van der Waals surface area (Å²) in [5.74, 6) is -0.344. The lowest BCUT2D eigenvalue weighted by Crippen LogP contribution is -2.14. The summed E-state index contributed by atoms with van der Waals surface area (Å²) in [6.07, 6.45) is 3.42. The Labute approximate surface area is 115 Å². The van der Waals surface area contributed by atoms with Crippen LogP contribution in [0, 0.1) is 6.92 Å². The van der Waals surface area contributed by atoms with E-state index in [9.17, 15) is 4.79 Å². The molecule has 4 N–H and O–H groups in total. The second-order valence-electron chi connectivity index (χ2n) is 4.47. The summed E-state index contributed by atoms with van der Waals surface area (Å²) in [6, 6.07) is 7.53. The number of rotatable bonds is 2. The first-order valence-corrected chi connectivity index (χ1v) is 6.11. The zero-order valence-electron chi connectivity index (χ0n) is 10.8. The highest BCUT2D eigenvalue weighted by atomic mass is 16.2. The molecular weight excluding hydrogens is 254 g/mol. The van der Waals surface area contributed by atoms with Gasteiger partial charge in [0.2, 0.25) is 0 Å². The number of aromatic nitrogens is 3. The third-order valence-corrected chi connectivity index (χ3v) is 3.14. The summed E-state index contributed by atoms with van der Waals surface area (Å²) in [6.45, 7) is 1.76. The molecule has 3 rings (SSSR count). The molecule has 1 aromatic carbocycles. The lowest BCUT2D eigenvalue weighted by atomic mass is 10.1. The number of nitrogens with two attached hydrogens (primary N) is 1. The van der Waals surface area contributed by atoms with E-state index in [1.807, 2.05) is 24.3 Å². The highest BCUT2D eigenvalue weighted by Crippen LogP contribution is 2.23. The molecule has 2 aromatic heterocycles. The van der Waals surface area contributed by atoms with Crippen LogP contribution < -0.4 is 11.1 Å². The standard InChI is InChI=1S/C14H13N5O/c1-8-12(15)13(19-18-8)14(20)17-11-4-2-3-9-5-6-16-7-10(9)11/h2-7H,15H2,1H3,(H,17,20)(H,18,19). The molecule has 0 bridgehead atoms. The molecule has 0 fully saturated rings. The normalized spacial score (nSPS) is 10.7. The fourth-order valence-corrected chi connectivity index (χ4v) is 2.01. The van der Waals surface area contributed by atoms with Crippen LogP contribution in [0.25, 0.3) is 10.8 Å². The van der Waals surface area contributed by atoms with Crippen LogP contribution in [0.1, 0.15) is 16.2 Å². The Hall–Kier alpha value is -2.89. The summed E-state index contributed by atoms with van der Waals surface area (Å²) in [5.41, 5.74) is 7.72. The number of anilines is 2. The SMILES string of the molecule is Cc1[nH]nc(C(=O)Nc2cccc3ccncc23)c1N. The van der Waals surface area contributed by atoms with E-state index >= 15 is 0 Å². The van der Waals surface area contributed by atoms with Gasteiger partial charge in [-0.15, -0.1) is 0 Å². The molecular formula is C14H13N5O. The van der Waals surface area contributed by atoms with Crippen molar-refractivity contribution in [2.24, 2.45) is 0 Å². The van der Waals surface area contributed by atoms with Crippen molar-refractivity contribution >= 4 is 28.1 Å². The van der Waals surface area contributed by atoms with Gasteiger partial charge in [0, 0.05) is 17.8 Å². The Balaban J connectivity index is 1.97. The molecule has 6 nitrogen and oxygen atoms in total. The first-order valence-electron chi connectivity index (χ1n) is 6.11. The summed E-state index contributed by atoms with van der Waals surface area (Å²) >= 11 is 0. The number of carbonyl (C=O) groups is 1. The lowest BCUT2D eigenvalue weighted by Gasteiger charge is -2.07. The number of nitrogens with one attached hydrogen (secondary N) is 2. The van der Waals surface area contributed by atoms with Gasteiger partial charge < -0.3 is 11.1 Å². The summed E-state index contributed by atoms with van der Waals surface area (Å²) in [4.78, 5) is 16.3. The van der Waals surface area contributed by atoms with Crippen LogP contribution in [-0.2, 0) is 0 Å². The molecule has 0 unspecified atom stereocenters. The van der Waals surface area contributed by atoms with Crippen molar-refractivity contribution in [2.45, 2.75) is 6.92 Å². The van der Waals surface area contributed by atoms with Gasteiger partial charge in [0.15, 0.2) is 5.69 Å². The highest BCUT2D eigenvalue weighted by Gasteiger charge is 2.16. The van der Waals surface area contributed by atoms with Crippen molar-refractivity contribution in [3.8, 4) is 0 Å². The molecule has 0 radical (unpaired) electrons. The number of pyridine rings is 1.